The molecule has 0 aliphatic carbocycles. The van der Waals surface area contributed by atoms with Crippen LogP contribution in [0.5, 0.6) is 17.2 Å². The van der Waals surface area contributed by atoms with E-state index in [0.29, 0.717) is 47.0 Å². The van der Waals surface area contributed by atoms with Crippen molar-refractivity contribution >= 4 is 23.0 Å². The molecule has 0 saturated carbocycles. The summed E-state index contributed by atoms with van der Waals surface area (Å²) in [7, 11) is 1.53. The quantitative estimate of drug-likeness (QED) is 0.373. The molecule has 148 valence electrons. The molecule has 1 aromatic heterocycles. The largest absolute Gasteiger partial charge is 0.497 e. The molecule has 0 fully saturated rings. The van der Waals surface area contributed by atoms with Crippen LogP contribution in [0.15, 0.2) is 57.8 Å². The molecule has 0 saturated heterocycles. The van der Waals surface area contributed by atoms with Gasteiger partial charge in [0.15, 0.2) is 11.5 Å². The molecule has 0 N–H and O–H groups in total. The van der Waals surface area contributed by atoms with Crippen LogP contribution in [0.3, 0.4) is 0 Å². The first-order valence-electron chi connectivity index (χ1n) is 8.97. The first-order valence-corrected chi connectivity index (χ1v) is 8.97. The van der Waals surface area contributed by atoms with Crippen molar-refractivity contribution in [1.82, 2.24) is 0 Å². The molecular formula is C22H18O7. The van der Waals surface area contributed by atoms with Crippen LogP contribution in [0.25, 0.3) is 17.0 Å². The Labute approximate surface area is 166 Å². The zero-order chi connectivity index (χ0) is 20.2. The van der Waals surface area contributed by atoms with Crippen molar-refractivity contribution in [3.05, 3.63) is 70.1 Å². The van der Waals surface area contributed by atoms with E-state index < -0.39 is 11.6 Å². The number of benzene rings is 2. The van der Waals surface area contributed by atoms with Gasteiger partial charge < -0.3 is 23.4 Å². The molecule has 29 heavy (non-hydrogen) atoms. The van der Waals surface area contributed by atoms with E-state index in [0.717, 1.165) is 5.56 Å². The average Bonchev–Trinajstić information content (AvgIpc) is 2.75. The second-order valence-corrected chi connectivity index (χ2v) is 6.30. The van der Waals surface area contributed by atoms with Crippen LogP contribution < -0.4 is 19.8 Å². The number of methoxy groups -OCH3 is 1. The Bertz CT molecular complexity index is 1140. The van der Waals surface area contributed by atoms with Gasteiger partial charge in [-0.2, -0.15) is 0 Å². The van der Waals surface area contributed by atoms with Crippen LogP contribution in [-0.4, -0.2) is 26.3 Å². The Morgan fingerprint density at radius 1 is 1.07 bits per heavy atom. The number of rotatable bonds is 5. The van der Waals surface area contributed by atoms with Gasteiger partial charge in [-0.15, -0.1) is 0 Å². The zero-order valence-corrected chi connectivity index (χ0v) is 15.7. The topological polar surface area (TPSA) is 84.2 Å². The standard InChI is InChI=1S/C22H18O7/c1-25-16-4-5-17-15(11-22(24)29-19(17)12-16)13-28-21(23)7-3-14-2-6-18-20(10-14)27-9-8-26-18/h2-7,10-12H,8-9,13H2,1H3/b7-3+. The van der Waals surface area contributed by atoms with E-state index in [1.807, 2.05) is 6.07 Å². The fraction of sp³-hybridized carbons (Fsp3) is 0.182. The molecule has 4 rings (SSSR count). The highest BCUT2D eigenvalue weighted by atomic mass is 16.6. The van der Waals surface area contributed by atoms with Gasteiger partial charge in [-0.05, 0) is 35.9 Å². The predicted molar refractivity (Wildman–Crippen MR) is 105 cm³/mol. The molecular weight excluding hydrogens is 376 g/mol. The Hall–Kier alpha value is -3.74. The molecule has 3 aromatic rings. The highest BCUT2D eigenvalue weighted by Gasteiger charge is 2.11. The van der Waals surface area contributed by atoms with E-state index in [4.69, 9.17) is 23.4 Å². The predicted octanol–water partition coefficient (Wildman–Crippen LogP) is 3.33. The lowest BCUT2D eigenvalue weighted by molar-refractivity contribution is -0.138. The summed E-state index contributed by atoms with van der Waals surface area (Å²) in [5.41, 5.74) is 1.18. The van der Waals surface area contributed by atoms with Gasteiger partial charge in [-0.1, -0.05) is 6.07 Å². The third-order valence-corrected chi connectivity index (χ3v) is 4.39. The number of carbonyl (C=O) groups is 1. The lowest BCUT2D eigenvalue weighted by Gasteiger charge is -2.18. The van der Waals surface area contributed by atoms with E-state index in [2.05, 4.69) is 0 Å². The van der Waals surface area contributed by atoms with Crippen LogP contribution >= 0.6 is 0 Å². The van der Waals surface area contributed by atoms with Crippen molar-refractivity contribution < 1.29 is 28.2 Å². The SMILES string of the molecule is COc1ccc2c(COC(=O)/C=C/c3ccc4c(c3)OCCO4)cc(=O)oc2c1. The normalized spacial score (nSPS) is 12.9. The fourth-order valence-electron chi connectivity index (χ4n) is 2.98. The van der Waals surface area contributed by atoms with Gasteiger partial charge in [0.2, 0.25) is 0 Å². The van der Waals surface area contributed by atoms with E-state index in [9.17, 15) is 9.59 Å². The Kier molecular flexibility index (Phi) is 5.20. The number of hydrogen-bond acceptors (Lipinski definition) is 7. The minimum absolute atomic E-state index is 0.0568. The van der Waals surface area contributed by atoms with E-state index in [1.165, 1.54) is 19.3 Å². The zero-order valence-electron chi connectivity index (χ0n) is 15.7. The lowest BCUT2D eigenvalue weighted by Crippen LogP contribution is -2.15. The minimum atomic E-state index is -0.533. The molecule has 0 amide bonds. The van der Waals surface area contributed by atoms with Crippen molar-refractivity contribution in [2.24, 2.45) is 0 Å². The monoisotopic (exact) mass is 394 g/mol. The van der Waals surface area contributed by atoms with Crippen LogP contribution in [0.1, 0.15) is 11.1 Å². The molecule has 7 nitrogen and oxygen atoms in total. The summed E-state index contributed by atoms with van der Waals surface area (Å²) in [6.07, 6.45) is 2.95. The van der Waals surface area contributed by atoms with Crippen molar-refractivity contribution in [3.63, 3.8) is 0 Å². The van der Waals surface area contributed by atoms with Crippen LogP contribution in [0.4, 0.5) is 0 Å². The molecule has 0 radical (unpaired) electrons. The minimum Gasteiger partial charge on any atom is -0.497 e. The maximum atomic E-state index is 12.1. The van der Waals surface area contributed by atoms with Gasteiger partial charge in [-0.3, -0.25) is 0 Å². The summed E-state index contributed by atoms with van der Waals surface area (Å²) in [5.74, 6) is 1.36. The van der Waals surface area contributed by atoms with Crippen molar-refractivity contribution in [2.75, 3.05) is 20.3 Å². The van der Waals surface area contributed by atoms with Crippen LogP contribution in [-0.2, 0) is 16.1 Å². The summed E-state index contributed by atoms with van der Waals surface area (Å²) in [4.78, 5) is 23.9. The maximum absolute atomic E-state index is 12.1. The van der Waals surface area contributed by atoms with E-state index in [1.54, 1.807) is 36.4 Å². The Morgan fingerprint density at radius 2 is 1.90 bits per heavy atom. The van der Waals surface area contributed by atoms with E-state index >= 15 is 0 Å². The highest BCUT2D eigenvalue weighted by Crippen LogP contribution is 2.31. The average molecular weight is 394 g/mol. The molecule has 1 aliphatic heterocycles. The number of hydrogen-bond donors (Lipinski definition) is 0. The smallest absolute Gasteiger partial charge is 0.336 e. The molecule has 0 spiro atoms. The fourth-order valence-corrected chi connectivity index (χ4v) is 2.98. The first-order chi connectivity index (χ1) is 14.1. The van der Waals surface area contributed by atoms with Crippen molar-refractivity contribution in [2.45, 2.75) is 6.61 Å². The van der Waals surface area contributed by atoms with Crippen molar-refractivity contribution in [1.29, 1.82) is 0 Å². The van der Waals surface area contributed by atoms with Gasteiger partial charge in [0.05, 0.1) is 7.11 Å². The summed E-state index contributed by atoms with van der Waals surface area (Å²) in [6, 6.07) is 11.8. The summed E-state index contributed by atoms with van der Waals surface area (Å²) in [5, 5.41) is 0.675. The molecule has 1 aliphatic rings. The third kappa shape index (κ3) is 4.24. The van der Waals surface area contributed by atoms with Crippen molar-refractivity contribution in [3.8, 4) is 17.2 Å². The second kappa shape index (κ2) is 8.10. The third-order valence-electron chi connectivity index (χ3n) is 4.39. The van der Waals surface area contributed by atoms with Gasteiger partial charge in [0, 0.05) is 29.2 Å². The van der Waals surface area contributed by atoms with E-state index in [-0.39, 0.29) is 6.61 Å². The van der Waals surface area contributed by atoms with Gasteiger partial charge >= 0.3 is 11.6 Å². The maximum Gasteiger partial charge on any atom is 0.336 e. The highest BCUT2D eigenvalue weighted by molar-refractivity contribution is 5.87. The summed E-state index contributed by atoms with van der Waals surface area (Å²) >= 11 is 0. The first kappa shape index (κ1) is 18.6. The molecule has 0 atom stereocenters. The number of esters is 1. The molecule has 0 bridgehead atoms. The van der Waals surface area contributed by atoms with Gasteiger partial charge in [-0.25, -0.2) is 9.59 Å². The summed E-state index contributed by atoms with van der Waals surface area (Å²) < 4.78 is 26.6. The number of ether oxygens (including phenoxy) is 4. The Balaban J connectivity index is 1.46. The molecule has 0 unspecified atom stereocenters. The second-order valence-electron chi connectivity index (χ2n) is 6.30. The van der Waals surface area contributed by atoms with Crippen LogP contribution in [0, 0.1) is 0 Å². The Morgan fingerprint density at radius 3 is 2.72 bits per heavy atom. The number of fused-ring (bicyclic) bond motifs is 2. The molecule has 7 heteroatoms. The number of carbonyl (C=O) groups excluding carboxylic acids is 1. The van der Waals surface area contributed by atoms with Gasteiger partial charge in [0.25, 0.3) is 0 Å². The molecule has 2 heterocycles. The lowest BCUT2D eigenvalue weighted by atomic mass is 10.1. The van der Waals surface area contributed by atoms with Gasteiger partial charge in [0.1, 0.15) is 31.2 Å². The van der Waals surface area contributed by atoms with Crippen LogP contribution in [0.2, 0.25) is 0 Å². The summed E-state index contributed by atoms with van der Waals surface area (Å²) in [6.45, 7) is 0.958. The molecule has 2 aromatic carbocycles.